The van der Waals surface area contributed by atoms with Gasteiger partial charge < -0.3 is 18.9 Å². The van der Waals surface area contributed by atoms with E-state index in [0.29, 0.717) is 19.5 Å². The molecule has 1 atom stereocenters. The average Bonchev–Trinajstić information content (AvgIpc) is 2.75. The van der Waals surface area contributed by atoms with Crippen molar-refractivity contribution in [1.29, 1.82) is 0 Å². The number of quaternary nitrogens is 1. The van der Waals surface area contributed by atoms with Gasteiger partial charge in [0, 0.05) is 36.8 Å². The van der Waals surface area contributed by atoms with E-state index in [0.717, 1.165) is 16.3 Å². The molecule has 0 fully saturated rings. The van der Waals surface area contributed by atoms with Crippen molar-refractivity contribution in [3.8, 4) is 0 Å². The van der Waals surface area contributed by atoms with Gasteiger partial charge >= 0.3 is 15.1 Å². The second kappa shape index (κ2) is 7.17. The maximum atomic E-state index is 10.7. The summed E-state index contributed by atoms with van der Waals surface area (Å²) in [6.45, 7) is 0.991. The zero-order valence-corrected chi connectivity index (χ0v) is 14.4. The van der Waals surface area contributed by atoms with Gasteiger partial charge in [-0.05, 0) is 0 Å². The molecule has 2 rings (SSSR count). The summed E-state index contributed by atoms with van der Waals surface area (Å²) in [5, 5.41) is 0. The maximum Gasteiger partial charge on any atom is 0.492 e. The Morgan fingerprint density at radius 2 is 1.87 bits per heavy atom. The molecule has 1 aromatic rings. The van der Waals surface area contributed by atoms with Crippen molar-refractivity contribution < 1.29 is 36.8 Å². The van der Waals surface area contributed by atoms with Crippen molar-refractivity contribution in [2.75, 3.05) is 18.8 Å². The van der Waals surface area contributed by atoms with Crippen LogP contribution < -0.4 is 4.90 Å². The van der Waals surface area contributed by atoms with Crippen molar-refractivity contribution in [3.05, 3.63) is 24.3 Å². The molecule has 1 heterocycles. The monoisotopic (exact) mass is 361 g/mol. The maximum absolute atomic E-state index is 10.7. The molecule has 128 valence electrons. The molecule has 1 aromatic carbocycles. The van der Waals surface area contributed by atoms with Crippen LogP contribution in [0.4, 0.5) is 11.4 Å². The SMILES string of the molecule is O=S(=O)([O-])CCC[N+]1=C[NH+](CCC[Si](O)(O)O)c2ccccc21. The molecule has 0 bridgehead atoms. The van der Waals surface area contributed by atoms with Gasteiger partial charge in [-0.1, -0.05) is 12.1 Å². The highest BCUT2D eigenvalue weighted by Crippen LogP contribution is 2.23. The summed E-state index contributed by atoms with van der Waals surface area (Å²) in [4.78, 5) is 28.2. The number of rotatable bonds is 8. The minimum atomic E-state index is -4.21. The molecule has 0 amide bonds. The Kier molecular flexibility index (Phi) is 5.68. The third kappa shape index (κ3) is 5.77. The summed E-state index contributed by atoms with van der Waals surface area (Å²) in [7, 11) is -8.24. The van der Waals surface area contributed by atoms with Gasteiger partial charge in [-0.15, -0.1) is 4.58 Å². The number of para-hydroxylation sites is 2. The van der Waals surface area contributed by atoms with E-state index >= 15 is 0 Å². The summed E-state index contributed by atoms with van der Waals surface area (Å²) in [5.74, 6) is -0.400. The van der Waals surface area contributed by atoms with Crippen LogP contribution in [-0.4, -0.2) is 65.9 Å². The van der Waals surface area contributed by atoms with E-state index in [-0.39, 0.29) is 12.5 Å². The number of benzene rings is 1. The molecule has 23 heavy (non-hydrogen) atoms. The standard InChI is InChI=1S/C13H20N2O6SSi/c16-22(17,18)9-3-7-14-11-15(8-4-10-23(19,20)21)13-6-2-1-5-12(13)14/h1-2,5-6,11,19-21H,3-4,7-10H2/p+1. The van der Waals surface area contributed by atoms with Gasteiger partial charge in [0.25, 0.3) is 5.69 Å². The van der Waals surface area contributed by atoms with E-state index in [1.54, 1.807) is 0 Å². The van der Waals surface area contributed by atoms with Crippen molar-refractivity contribution in [2.24, 2.45) is 0 Å². The van der Waals surface area contributed by atoms with E-state index in [9.17, 15) is 13.0 Å². The normalized spacial score (nSPS) is 17.9. The molecule has 1 unspecified atom stereocenters. The quantitative estimate of drug-likeness (QED) is 0.244. The summed E-state index contributed by atoms with van der Waals surface area (Å²) in [6, 6.07) is 7.59. The third-order valence-electron chi connectivity index (χ3n) is 3.62. The van der Waals surface area contributed by atoms with E-state index in [4.69, 9.17) is 14.4 Å². The Balaban J connectivity index is 2.02. The molecule has 0 aliphatic carbocycles. The Labute approximate surface area is 136 Å². The van der Waals surface area contributed by atoms with Gasteiger partial charge in [0.15, 0.2) is 6.54 Å². The van der Waals surface area contributed by atoms with Gasteiger partial charge in [0.05, 0.1) is 16.7 Å². The van der Waals surface area contributed by atoms with Crippen molar-refractivity contribution in [2.45, 2.75) is 18.9 Å². The van der Waals surface area contributed by atoms with Crippen LogP contribution in [0, 0.1) is 0 Å². The predicted molar refractivity (Wildman–Crippen MR) is 83.8 cm³/mol. The van der Waals surface area contributed by atoms with Crippen LogP contribution in [0.1, 0.15) is 12.8 Å². The van der Waals surface area contributed by atoms with Gasteiger partial charge in [0.1, 0.15) is 0 Å². The minimum absolute atomic E-state index is 0.0269. The number of hydrogen-bond donors (Lipinski definition) is 4. The number of nitrogens with zero attached hydrogens (tertiary/aromatic N) is 1. The molecule has 10 heteroatoms. The molecule has 0 spiro atoms. The molecular weight excluding hydrogens is 340 g/mol. The van der Waals surface area contributed by atoms with Crippen LogP contribution in [0.3, 0.4) is 0 Å². The average molecular weight is 361 g/mol. The summed E-state index contributed by atoms with van der Waals surface area (Å²) >= 11 is 0. The Morgan fingerprint density at radius 3 is 2.52 bits per heavy atom. The van der Waals surface area contributed by atoms with Crippen molar-refractivity contribution >= 4 is 36.6 Å². The van der Waals surface area contributed by atoms with Crippen LogP contribution >= 0.6 is 0 Å². The molecule has 1 aliphatic heterocycles. The van der Waals surface area contributed by atoms with Crippen LogP contribution in [0.15, 0.2) is 24.3 Å². The first kappa shape index (κ1) is 18.2. The fourth-order valence-corrected chi connectivity index (χ4v) is 3.77. The second-order valence-corrected chi connectivity index (χ2v) is 9.18. The molecule has 0 saturated heterocycles. The van der Waals surface area contributed by atoms with Gasteiger partial charge in [0.2, 0.25) is 5.69 Å². The highest BCUT2D eigenvalue weighted by atomic mass is 32.2. The molecule has 1 aliphatic rings. The van der Waals surface area contributed by atoms with E-state index < -0.39 is 24.7 Å². The molecular formula is C13H21N2O6SSi+. The van der Waals surface area contributed by atoms with Gasteiger partial charge in [-0.25, -0.2) is 13.3 Å². The molecule has 8 nitrogen and oxygen atoms in total. The topological polar surface area (TPSA) is 125 Å². The molecule has 0 aromatic heterocycles. The Bertz CT molecular complexity index is 686. The zero-order chi connectivity index (χ0) is 17.1. The largest absolute Gasteiger partial charge is 0.748 e. The van der Waals surface area contributed by atoms with E-state index in [1.807, 2.05) is 35.2 Å². The third-order valence-corrected chi connectivity index (χ3v) is 5.44. The fraction of sp³-hybridized carbons (Fsp3) is 0.462. The van der Waals surface area contributed by atoms with Gasteiger partial charge in [-0.2, -0.15) is 0 Å². The van der Waals surface area contributed by atoms with Crippen LogP contribution in [0.2, 0.25) is 6.04 Å². The highest BCUT2D eigenvalue weighted by Gasteiger charge is 2.34. The predicted octanol–water partition coefficient (Wildman–Crippen LogP) is -1.87. The van der Waals surface area contributed by atoms with Crippen LogP contribution in [0.5, 0.6) is 0 Å². The number of hydrogen-bond acceptors (Lipinski definition) is 6. The lowest BCUT2D eigenvalue weighted by atomic mass is 10.2. The number of nitrogens with one attached hydrogen (secondary N) is 1. The Morgan fingerprint density at radius 1 is 1.17 bits per heavy atom. The lowest BCUT2D eigenvalue weighted by Gasteiger charge is -2.10. The van der Waals surface area contributed by atoms with Crippen LogP contribution in [-0.2, 0) is 10.1 Å². The second-order valence-electron chi connectivity index (χ2n) is 5.61. The van der Waals surface area contributed by atoms with Gasteiger partial charge in [-0.3, -0.25) is 0 Å². The van der Waals surface area contributed by atoms with E-state index in [1.165, 1.54) is 0 Å². The smallest absolute Gasteiger partial charge is 0.492 e. The first-order valence-electron chi connectivity index (χ1n) is 7.33. The molecule has 0 radical (unpaired) electrons. The number of fused-ring (bicyclic) bond motifs is 1. The lowest BCUT2D eigenvalue weighted by molar-refractivity contribution is -0.734. The lowest BCUT2D eigenvalue weighted by Crippen LogP contribution is -3.05. The van der Waals surface area contributed by atoms with Crippen molar-refractivity contribution in [3.63, 3.8) is 0 Å². The molecule has 4 N–H and O–H groups in total. The van der Waals surface area contributed by atoms with Crippen LogP contribution in [0.25, 0.3) is 0 Å². The molecule has 0 saturated carbocycles. The Hall–Kier alpha value is -1.14. The first-order chi connectivity index (χ1) is 10.7. The summed E-state index contributed by atoms with van der Waals surface area (Å²) in [6.07, 6.45) is 2.57. The summed E-state index contributed by atoms with van der Waals surface area (Å²) < 4.78 is 34.0. The zero-order valence-electron chi connectivity index (χ0n) is 12.6. The van der Waals surface area contributed by atoms with Crippen molar-refractivity contribution in [1.82, 2.24) is 0 Å². The highest BCUT2D eigenvalue weighted by molar-refractivity contribution is 7.85. The summed E-state index contributed by atoms with van der Waals surface area (Å²) in [5.41, 5.74) is 1.94. The first-order valence-corrected chi connectivity index (χ1v) is 11.0. The van der Waals surface area contributed by atoms with E-state index in [2.05, 4.69) is 0 Å². The fourth-order valence-electron chi connectivity index (χ4n) is 2.63. The minimum Gasteiger partial charge on any atom is -0.748 e.